The lowest BCUT2D eigenvalue weighted by molar-refractivity contribution is 0.196. The summed E-state index contributed by atoms with van der Waals surface area (Å²) in [5.74, 6) is -0.150. The summed E-state index contributed by atoms with van der Waals surface area (Å²) in [6.07, 6.45) is 6.40. The second kappa shape index (κ2) is 2.79. The van der Waals surface area contributed by atoms with Crippen LogP contribution in [0.5, 0.6) is 11.5 Å². The Morgan fingerprint density at radius 2 is 2.00 bits per heavy atom. The SMILES string of the molecule is Oc1cc2c(cc1O)CC1OC=CC1=C2. The molecule has 2 aliphatic rings. The zero-order valence-electron chi connectivity index (χ0n) is 7.97. The Bertz CT molecular complexity index is 486. The molecule has 1 aliphatic heterocycles. The van der Waals surface area contributed by atoms with E-state index in [0.29, 0.717) is 0 Å². The lowest BCUT2D eigenvalue weighted by atomic mass is 9.90. The Labute approximate surface area is 86.9 Å². The lowest BCUT2D eigenvalue weighted by Gasteiger charge is -2.20. The van der Waals surface area contributed by atoms with Crippen molar-refractivity contribution in [2.75, 3.05) is 0 Å². The average Bonchev–Trinajstić information content (AvgIpc) is 2.63. The van der Waals surface area contributed by atoms with Crippen LogP contribution in [0, 0.1) is 0 Å². The van der Waals surface area contributed by atoms with Crippen molar-refractivity contribution >= 4 is 6.08 Å². The molecule has 1 heterocycles. The first-order valence-corrected chi connectivity index (χ1v) is 4.82. The van der Waals surface area contributed by atoms with Crippen LogP contribution in [0.2, 0.25) is 0 Å². The van der Waals surface area contributed by atoms with Crippen molar-refractivity contribution in [3.8, 4) is 11.5 Å². The highest BCUT2D eigenvalue weighted by molar-refractivity contribution is 5.67. The molecule has 3 heteroatoms. The molecule has 2 N–H and O–H groups in total. The van der Waals surface area contributed by atoms with Gasteiger partial charge in [-0.15, -0.1) is 0 Å². The number of phenols is 2. The van der Waals surface area contributed by atoms with Crippen LogP contribution in [-0.2, 0) is 11.2 Å². The van der Waals surface area contributed by atoms with E-state index in [9.17, 15) is 10.2 Å². The first kappa shape index (κ1) is 8.41. The van der Waals surface area contributed by atoms with E-state index in [2.05, 4.69) is 0 Å². The van der Waals surface area contributed by atoms with Gasteiger partial charge in [0.05, 0.1) is 6.26 Å². The molecule has 0 amide bonds. The van der Waals surface area contributed by atoms with Crippen molar-refractivity contribution in [1.82, 2.24) is 0 Å². The third-order valence-electron chi connectivity index (χ3n) is 2.84. The number of hydrogen-bond acceptors (Lipinski definition) is 3. The van der Waals surface area contributed by atoms with Gasteiger partial charge in [0.2, 0.25) is 0 Å². The van der Waals surface area contributed by atoms with Gasteiger partial charge in [-0.2, -0.15) is 0 Å². The summed E-state index contributed by atoms with van der Waals surface area (Å²) in [5.41, 5.74) is 3.07. The smallest absolute Gasteiger partial charge is 0.158 e. The summed E-state index contributed by atoms with van der Waals surface area (Å²) >= 11 is 0. The van der Waals surface area contributed by atoms with Crippen molar-refractivity contribution in [2.45, 2.75) is 12.5 Å². The Kier molecular flexibility index (Phi) is 1.57. The van der Waals surface area contributed by atoms with Crippen LogP contribution in [0.4, 0.5) is 0 Å². The van der Waals surface area contributed by atoms with Gasteiger partial charge in [-0.3, -0.25) is 0 Å². The monoisotopic (exact) mass is 202 g/mol. The van der Waals surface area contributed by atoms with Crippen LogP contribution in [0.1, 0.15) is 11.1 Å². The number of hydrogen-bond donors (Lipinski definition) is 2. The molecule has 1 aromatic rings. The van der Waals surface area contributed by atoms with E-state index in [1.54, 1.807) is 18.4 Å². The zero-order chi connectivity index (χ0) is 10.4. The third kappa shape index (κ3) is 1.20. The second-order valence-electron chi connectivity index (χ2n) is 3.82. The molecule has 0 fully saturated rings. The number of aromatic hydroxyl groups is 2. The number of ether oxygens (including phenoxy) is 1. The molecular weight excluding hydrogens is 192 g/mol. The molecule has 1 aromatic carbocycles. The molecule has 15 heavy (non-hydrogen) atoms. The average molecular weight is 202 g/mol. The van der Waals surface area contributed by atoms with Gasteiger partial charge in [0.15, 0.2) is 11.5 Å². The van der Waals surface area contributed by atoms with Crippen LogP contribution < -0.4 is 0 Å². The number of phenolic OH excluding ortho intramolecular Hbond substituents is 2. The van der Waals surface area contributed by atoms with Gasteiger partial charge in [0, 0.05) is 6.42 Å². The van der Waals surface area contributed by atoms with Gasteiger partial charge in [-0.25, -0.2) is 0 Å². The molecular formula is C12H10O3. The normalized spacial score (nSPS) is 21.6. The predicted molar refractivity (Wildman–Crippen MR) is 55.5 cm³/mol. The zero-order valence-corrected chi connectivity index (χ0v) is 7.97. The topological polar surface area (TPSA) is 49.7 Å². The minimum atomic E-state index is -0.0769. The molecule has 0 spiro atoms. The van der Waals surface area contributed by atoms with E-state index < -0.39 is 0 Å². The first-order valence-electron chi connectivity index (χ1n) is 4.82. The van der Waals surface area contributed by atoms with Crippen molar-refractivity contribution in [1.29, 1.82) is 0 Å². The minimum absolute atomic E-state index is 0.0708. The van der Waals surface area contributed by atoms with Crippen molar-refractivity contribution in [2.24, 2.45) is 0 Å². The van der Waals surface area contributed by atoms with Gasteiger partial charge in [-0.05, 0) is 41.0 Å². The van der Waals surface area contributed by atoms with Crippen LogP contribution in [-0.4, -0.2) is 16.3 Å². The summed E-state index contributed by atoms with van der Waals surface area (Å²) in [4.78, 5) is 0. The van der Waals surface area contributed by atoms with Crippen molar-refractivity contribution in [3.63, 3.8) is 0 Å². The Morgan fingerprint density at radius 1 is 1.20 bits per heavy atom. The van der Waals surface area contributed by atoms with Gasteiger partial charge in [0.25, 0.3) is 0 Å². The summed E-state index contributed by atoms with van der Waals surface area (Å²) in [7, 11) is 0. The van der Waals surface area contributed by atoms with E-state index in [-0.39, 0.29) is 17.6 Å². The standard InChI is InChI=1S/C12H10O3/c13-10-4-8-3-7-1-2-15-12(7)6-9(8)5-11(10)14/h1-5,12-14H,6H2. The Balaban J connectivity index is 2.15. The largest absolute Gasteiger partial charge is 0.504 e. The second-order valence-corrected chi connectivity index (χ2v) is 3.82. The van der Waals surface area contributed by atoms with Gasteiger partial charge >= 0.3 is 0 Å². The summed E-state index contributed by atoms with van der Waals surface area (Å²) in [6.45, 7) is 0. The highest BCUT2D eigenvalue weighted by Gasteiger charge is 2.24. The molecule has 3 rings (SSSR count). The van der Waals surface area contributed by atoms with Gasteiger partial charge in [0.1, 0.15) is 6.10 Å². The third-order valence-corrected chi connectivity index (χ3v) is 2.84. The maximum atomic E-state index is 9.39. The van der Waals surface area contributed by atoms with Crippen LogP contribution in [0.3, 0.4) is 0 Å². The molecule has 0 saturated heterocycles. The van der Waals surface area contributed by atoms with Crippen molar-refractivity contribution < 1.29 is 14.9 Å². The molecule has 1 unspecified atom stereocenters. The summed E-state index contributed by atoms with van der Waals surface area (Å²) in [5, 5.41) is 18.8. The fourth-order valence-electron chi connectivity index (χ4n) is 2.03. The molecule has 0 saturated carbocycles. The highest BCUT2D eigenvalue weighted by Crippen LogP contribution is 2.36. The van der Waals surface area contributed by atoms with Crippen LogP contribution >= 0.6 is 0 Å². The molecule has 0 bridgehead atoms. The fourth-order valence-corrected chi connectivity index (χ4v) is 2.03. The summed E-state index contributed by atoms with van der Waals surface area (Å²) < 4.78 is 5.39. The molecule has 1 atom stereocenters. The predicted octanol–water partition coefficient (Wildman–Crippen LogP) is 1.95. The van der Waals surface area contributed by atoms with Gasteiger partial charge in [-0.1, -0.05) is 0 Å². The Morgan fingerprint density at radius 3 is 2.87 bits per heavy atom. The maximum absolute atomic E-state index is 9.39. The number of fused-ring (bicyclic) bond motifs is 2. The minimum Gasteiger partial charge on any atom is -0.504 e. The molecule has 1 aliphatic carbocycles. The van der Waals surface area contributed by atoms with E-state index >= 15 is 0 Å². The first-order chi connectivity index (χ1) is 7.24. The Hall–Kier alpha value is -1.90. The fraction of sp³-hybridized carbons (Fsp3) is 0.167. The quantitative estimate of drug-likeness (QED) is 0.632. The van der Waals surface area contributed by atoms with Gasteiger partial charge < -0.3 is 14.9 Å². The van der Waals surface area contributed by atoms with Crippen molar-refractivity contribution in [3.05, 3.63) is 41.2 Å². The van der Waals surface area contributed by atoms with E-state index in [4.69, 9.17) is 4.74 Å². The lowest BCUT2D eigenvalue weighted by Crippen LogP contribution is -2.15. The molecule has 0 aromatic heterocycles. The highest BCUT2D eigenvalue weighted by atomic mass is 16.5. The summed E-state index contributed by atoms with van der Waals surface area (Å²) in [6, 6.07) is 3.18. The van der Waals surface area contributed by atoms with Crippen LogP contribution in [0.15, 0.2) is 30.0 Å². The maximum Gasteiger partial charge on any atom is 0.158 e. The van der Waals surface area contributed by atoms with E-state index in [0.717, 1.165) is 23.1 Å². The molecule has 0 radical (unpaired) electrons. The van der Waals surface area contributed by atoms with E-state index in [1.807, 2.05) is 12.2 Å². The number of rotatable bonds is 0. The van der Waals surface area contributed by atoms with E-state index in [1.165, 1.54) is 0 Å². The number of benzene rings is 1. The molecule has 3 nitrogen and oxygen atoms in total. The molecule has 76 valence electrons. The van der Waals surface area contributed by atoms with Crippen LogP contribution in [0.25, 0.3) is 6.08 Å².